The SMILES string of the molecule is Cc1cccc(Cl)c1NCc1cnc(Cl)nc1NC1CCN(C(=O)OC(C)(C)C)CC1. The van der Waals surface area contributed by atoms with Crippen LogP contribution in [0.25, 0.3) is 0 Å². The van der Waals surface area contributed by atoms with Gasteiger partial charge in [-0.05, 0) is 63.8 Å². The number of aryl methyl sites for hydroxylation is 1. The minimum absolute atomic E-state index is 0.172. The Morgan fingerprint density at radius 3 is 2.61 bits per heavy atom. The third kappa shape index (κ3) is 6.61. The van der Waals surface area contributed by atoms with E-state index in [2.05, 4.69) is 20.6 Å². The molecule has 1 aromatic heterocycles. The molecule has 0 spiro atoms. The largest absolute Gasteiger partial charge is 0.444 e. The zero-order valence-corrected chi connectivity index (χ0v) is 19.8. The van der Waals surface area contributed by atoms with Crippen LogP contribution in [0.15, 0.2) is 24.4 Å². The number of ether oxygens (including phenoxy) is 1. The number of carbonyl (C=O) groups excluding carboxylic acids is 1. The van der Waals surface area contributed by atoms with Gasteiger partial charge in [0.2, 0.25) is 5.28 Å². The highest BCUT2D eigenvalue weighted by Gasteiger charge is 2.27. The van der Waals surface area contributed by atoms with Crippen LogP contribution >= 0.6 is 23.2 Å². The van der Waals surface area contributed by atoms with Crippen LogP contribution in [0, 0.1) is 6.92 Å². The fraction of sp³-hybridized carbons (Fsp3) is 0.500. The van der Waals surface area contributed by atoms with E-state index < -0.39 is 5.60 Å². The second-order valence-electron chi connectivity index (χ2n) is 8.68. The Hall–Kier alpha value is -2.25. The van der Waals surface area contributed by atoms with Gasteiger partial charge in [0.15, 0.2) is 0 Å². The van der Waals surface area contributed by atoms with E-state index in [1.54, 1.807) is 11.1 Å². The molecule has 0 unspecified atom stereocenters. The van der Waals surface area contributed by atoms with Gasteiger partial charge in [0, 0.05) is 37.4 Å². The average Bonchev–Trinajstić information content (AvgIpc) is 2.68. The summed E-state index contributed by atoms with van der Waals surface area (Å²) in [5.41, 5.74) is 2.34. The molecule has 1 amide bonds. The van der Waals surface area contributed by atoms with Crippen molar-refractivity contribution >= 4 is 40.8 Å². The molecule has 0 saturated carbocycles. The molecule has 0 bridgehead atoms. The van der Waals surface area contributed by atoms with Crippen molar-refractivity contribution in [2.75, 3.05) is 23.7 Å². The Morgan fingerprint density at radius 2 is 1.97 bits per heavy atom. The summed E-state index contributed by atoms with van der Waals surface area (Å²) < 4.78 is 5.47. The number of benzene rings is 1. The van der Waals surface area contributed by atoms with Crippen LogP contribution in [0.1, 0.15) is 44.7 Å². The lowest BCUT2D eigenvalue weighted by atomic mass is 10.1. The Labute approximate surface area is 193 Å². The zero-order chi connectivity index (χ0) is 22.6. The number of carbonyl (C=O) groups is 1. The Morgan fingerprint density at radius 1 is 1.26 bits per heavy atom. The standard InChI is InChI=1S/C22H29Cl2N5O2/c1-14-6-5-7-17(23)18(14)25-12-15-13-26-20(24)28-19(15)27-16-8-10-29(11-9-16)21(30)31-22(2,3)4/h5-7,13,16,25H,8-12H2,1-4H3,(H,26,27,28). The molecule has 9 heteroatoms. The first-order valence-electron chi connectivity index (χ1n) is 10.4. The third-order valence-corrected chi connectivity index (χ3v) is 5.50. The van der Waals surface area contributed by atoms with Gasteiger partial charge < -0.3 is 20.3 Å². The van der Waals surface area contributed by atoms with Crippen LogP contribution < -0.4 is 10.6 Å². The number of piperidine rings is 1. The van der Waals surface area contributed by atoms with Gasteiger partial charge in [-0.25, -0.2) is 14.8 Å². The summed E-state index contributed by atoms with van der Waals surface area (Å²) in [6.45, 7) is 9.37. The number of hydrogen-bond acceptors (Lipinski definition) is 6. The molecular weight excluding hydrogens is 437 g/mol. The van der Waals surface area contributed by atoms with E-state index in [0.717, 1.165) is 29.7 Å². The lowest BCUT2D eigenvalue weighted by Crippen LogP contribution is -2.44. The van der Waals surface area contributed by atoms with E-state index in [0.29, 0.717) is 30.5 Å². The van der Waals surface area contributed by atoms with Crippen LogP contribution in [-0.4, -0.2) is 45.7 Å². The predicted octanol–water partition coefficient (Wildman–Crippen LogP) is 5.52. The number of aromatic nitrogens is 2. The maximum absolute atomic E-state index is 12.3. The molecule has 0 radical (unpaired) electrons. The Kier molecular flexibility index (Phi) is 7.49. The smallest absolute Gasteiger partial charge is 0.410 e. The first kappa shape index (κ1) is 23.4. The molecule has 1 saturated heterocycles. The number of nitrogens with zero attached hydrogens (tertiary/aromatic N) is 3. The molecule has 2 N–H and O–H groups in total. The lowest BCUT2D eigenvalue weighted by molar-refractivity contribution is 0.0210. The monoisotopic (exact) mass is 465 g/mol. The quantitative estimate of drug-likeness (QED) is 0.566. The van der Waals surface area contributed by atoms with E-state index in [4.69, 9.17) is 27.9 Å². The molecule has 0 aliphatic carbocycles. The van der Waals surface area contributed by atoms with Crippen molar-refractivity contribution in [3.63, 3.8) is 0 Å². The molecule has 1 fully saturated rings. The first-order valence-corrected chi connectivity index (χ1v) is 11.1. The van der Waals surface area contributed by atoms with Gasteiger partial charge in [-0.3, -0.25) is 0 Å². The highest BCUT2D eigenvalue weighted by atomic mass is 35.5. The fourth-order valence-corrected chi connectivity index (χ4v) is 3.83. The van der Waals surface area contributed by atoms with Crippen molar-refractivity contribution in [2.24, 2.45) is 0 Å². The summed E-state index contributed by atoms with van der Waals surface area (Å²) in [6, 6.07) is 5.95. The molecule has 1 aromatic carbocycles. The number of halogens is 2. The summed E-state index contributed by atoms with van der Waals surface area (Å²) in [5.74, 6) is 0.688. The highest BCUT2D eigenvalue weighted by molar-refractivity contribution is 6.33. The van der Waals surface area contributed by atoms with Crippen LogP contribution in [0.5, 0.6) is 0 Å². The van der Waals surface area contributed by atoms with Crippen LogP contribution in [0.2, 0.25) is 10.3 Å². The summed E-state index contributed by atoms with van der Waals surface area (Å²) in [6.07, 6.45) is 3.03. The van der Waals surface area contributed by atoms with Crippen molar-refractivity contribution in [1.29, 1.82) is 0 Å². The maximum Gasteiger partial charge on any atom is 0.410 e. The molecule has 31 heavy (non-hydrogen) atoms. The number of likely N-dealkylation sites (tertiary alicyclic amines) is 1. The second-order valence-corrected chi connectivity index (χ2v) is 9.43. The van der Waals surface area contributed by atoms with E-state index in [1.807, 2.05) is 45.9 Å². The van der Waals surface area contributed by atoms with Gasteiger partial charge in [0.1, 0.15) is 11.4 Å². The normalized spacial score (nSPS) is 15.0. The van der Waals surface area contributed by atoms with Gasteiger partial charge >= 0.3 is 6.09 Å². The third-order valence-electron chi connectivity index (χ3n) is 5.00. The lowest BCUT2D eigenvalue weighted by Gasteiger charge is -2.34. The van der Waals surface area contributed by atoms with Gasteiger partial charge in [0.25, 0.3) is 0 Å². The van der Waals surface area contributed by atoms with E-state index in [1.165, 1.54) is 0 Å². The zero-order valence-electron chi connectivity index (χ0n) is 18.3. The summed E-state index contributed by atoms with van der Waals surface area (Å²) >= 11 is 12.4. The molecule has 2 heterocycles. The summed E-state index contributed by atoms with van der Waals surface area (Å²) in [7, 11) is 0. The number of amides is 1. The number of para-hydroxylation sites is 1. The van der Waals surface area contributed by atoms with Gasteiger partial charge in [0.05, 0.1) is 10.7 Å². The minimum Gasteiger partial charge on any atom is -0.444 e. The molecule has 0 atom stereocenters. The number of hydrogen-bond donors (Lipinski definition) is 2. The minimum atomic E-state index is -0.494. The van der Waals surface area contributed by atoms with E-state index >= 15 is 0 Å². The van der Waals surface area contributed by atoms with Crippen molar-refractivity contribution in [2.45, 2.75) is 58.7 Å². The molecule has 1 aliphatic heterocycles. The van der Waals surface area contributed by atoms with E-state index in [9.17, 15) is 4.79 Å². The number of anilines is 2. The van der Waals surface area contributed by atoms with Gasteiger partial charge in [-0.15, -0.1) is 0 Å². The maximum atomic E-state index is 12.3. The fourth-order valence-electron chi connectivity index (χ4n) is 3.41. The first-order chi connectivity index (χ1) is 14.6. The molecule has 1 aliphatic rings. The average molecular weight is 466 g/mol. The molecule has 2 aromatic rings. The van der Waals surface area contributed by atoms with Gasteiger partial charge in [-0.1, -0.05) is 23.7 Å². The van der Waals surface area contributed by atoms with Crippen LogP contribution in [0.3, 0.4) is 0 Å². The number of rotatable bonds is 5. The summed E-state index contributed by atoms with van der Waals surface area (Å²) in [5, 5.41) is 7.70. The van der Waals surface area contributed by atoms with Gasteiger partial charge in [-0.2, -0.15) is 0 Å². The molecular formula is C22H29Cl2N5O2. The molecule has 168 valence electrons. The second kappa shape index (κ2) is 9.92. The Balaban J connectivity index is 1.62. The van der Waals surface area contributed by atoms with Crippen molar-refractivity contribution in [3.8, 4) is 0 Å². The topological polar surface area (TPSA) is 79.4 Å². The summed E-state index contributed by atoms with van der Waals surface area (Å²) in [4.78, 5) is 22.6. The van der Waals surface area contributed by atoms with Crippen molar-refractivity contribution in [3.05, 3.63) is 45.8 Å². The van der Waals surface area contributed by atoms with Crippen molar-refractivity contribution < 1.29 is 9.53 Å². The van der Waals surface area contributed by atoms with Crippen LogP contribution in [0.4, 0.5) is 16.3 Å². The molecule has 7 nitrogen and oxygen atoms in total. The molecule has 3 rings (SSSR count). The van der Waals surface area contributed by atoms with Crippen LogP contribution in [-0.2, 0) is 11.3 Å². The van der Waals surface area contributed by atoms with Crippen molar-refractivity contribution in [1.82, 2.24) is 14.9 Å². The predicted molar refractivity (Wildman–Crippen MR) is 125 cm³/mol. The van der Waals surface area contributed by atoms with E-state index in [-0.39, 0.29) is 17.4 Å². The Bertz CT molecular complexity index is 904. The highest BCUT2D eigenvalue weighted by Crippen LogP contribution is 2.27. The number of nitrogens with one attached hydrogen (secondary N) is 2.